The molecule has 0 fully saturated rings. The number of hydrogen-bond acceptors (Lipinski definition) is 10. The summed E-state index contributed by atoms with van der Waals surface area (Å²) >= 11 is 4.75. The number of esters is 2. The number of hydrogen-bond donors (Lipinski definition) is 0. The van der Waals surface area contributed by atoms with Crippen molar-refractivity contribution in [2.75, 3.05) is 26.9 Å². The summed E-state index contributed by atoms with van der Waals surface area (Å²) in [6.45, 7) is 8.29. The van der Waals surface area contributed by atoms with E-state index in [4.69, 9.17) is 23.7 Å². The number of allylic oxidation sites excluding steroid dienone is 1. The molecule has 250 valence electrons. The lowest BCUT2D eigenvalue weighted by Crippen LogP contribution is -2.39. The Kier molecular flexibility index (Phi) is 11.2. The minimum atomic E-state index is -0.761. The van der Waals surface area contributed by atoms with Crippen LogP contribution in [0.4, 0.5) is 0 Å². The second-order valence-electron chi connectivity index (χ2n) is 10.5. The third-order valence-electron chi connectivity index (χ3n) is 7.43. The van der Waals surface area contributed by atoms with E-state index < -0.39 is 18.0 Å². The summed E-state index contributed by atoms with van der Waals surface area (Å²) in [5, 5.41) is 0. The van der Waals surface area contributed by atoms with Gasteiger partial charge in [0.1, 0.15) is 12.4 Å². The van der Waals surface area contributed by atoms with Crippen LogP contribution in [0, 0.1) is 0 Å². The summed E-state index contributed by atoms with van der Waals surface area (Å²) in [5.41, 5.74) is 3.01. The van der Waals surface area contributed by atoms with Crippen LogP contribution in [0.1, 0.15) is 60.8 Å². The van der Waals surface area contributed by atoms with Crippen LogP contribution in [0.3, 0.4) is 0 Å². The topological polar surface area (TPSA) is 115 Å². The van der Waals surface area contributed by atoms with Crippen LogP contribution in [-0.4, -0.2) is 43.4 Å². The summed E-state index contributed by atoms with van der Waals surface area (Å²) in [6, 6.07) is 17.1. The Labute approximate surface area is 290 Å². The average Bonchev–Trinajstić information content (AvgIpc) is 3.37. The number of halogens is 1. The molecule has 3 aromatic carbocycles. The smallest absolute Gasteiger partial charge is 0.338 e. The molecule has 0 N–H and O–H groups in total. The van der Waals surface area contributed by atoms with Gasteiger partial charge in [0, 0.05) is 10.0 Å². The Morgan fingerprint density at radius 2 is 1.62 bits per heavy atom. The lowest BCUT2D eigenvalue weighted by Gasteiger charge is -2.24. The van der Waals surface area contributed by atoms with Crippen LogP contribution in [0.15, 0.2) is 86.2 Å². The molecule has 1 aliphatic rings. The molecule has 0 aliphatic carbocycles. The molecule has 2 heterocycles. The minimum absolute atomic E-state index is 0.170. The molecule has 0 spiro atoms. The quantitative estimate of drug-likeness (QED) is 0.170. The first-order valence-electron chi connectivity index (χ1n) is 15.4. The Morgan fingerprint density at radius 3 is 2.27 bits per heavy atom. The van der Waals surface area contributed by atoms with Crippen molar-refractivity contribution < 1.29 is 33.3 Å². The normalized spacial score (nSPS) is 14.2. The standard InChI is InChI=1S/C36H35BrN2O8S/c1-6-44-27-15-13-23(14-16-27)31-30(35(42)46-8-3)21(4)38-36-39(31)33(40)29(48-36)18-25-17-26(37)19-28(43-5)32(25)47-20-22-9-11-24(12-10-22)34(41)45-7-2/h9-19,31H,6-8,20H2,1-5H3/b29-18-/t31-/m1/s1. The van der Waals surface area contributed by atoms with Crippen molar-refractivity contribution in [2.45, 2.75) is 40.3 Å². The number of carbonyl (C=O) groups is 2. The second kappa shape index (κ2) is 15.5. The first kappa shape index (κ1) is 34.6. The highest BCUT2D eigenvalue weighted by atomic mass is 79.9. The van der Waals surface area contributed by atoms with E-state index in [1.165, 1.54) is 23.0 Å². The molecule has 4 aromatic rings. The third-order valence-corrected chi connectivity index (χ3v) is 8.87. The van der Waals surface area contributed by atoms with Gasteiger partial charge < -0.3 is 23.7 Å². The summed E-state index contributed by atoms with van der Waals surface area (Å²) in [6.07, 6.45) is 1.73. The molecule has 0 amide bonds. The number of carbonyl (C=O) groups excluding carboxylic acids is 2. The average molecular weight is 736 g/mol. The zero-order valence-electron chi connectivity index (χ0n) is 27.2. The predicted molar refractivity (Wildman–Crippen MR) is 185 cm³/mol. The molecule has 48 heavy (non-hydrogen) atoms. The van der Waals surface area contributed by atoms with Gasteiger partial charge >= 0.3 is 11.9 Å². The maximum atomic E-state index is 14.2. The van der Waals surface area contributed by atoms with Crippen molar-refractivity contribution >= 4 is 45.3 Å². The Bertz CT molecular complexity index is 2030. The second-order valence-corrected chi connectivity index (χ2v) is 12.5. The van der Waals surface area contributed by atoms with Gasteiger partial charge in [0.05, 0.1) is 54.3 Å². The zero-order chi connectivity index (χ0) is 34.4. The Balaban J connectivity index is 1.58. The van der Waals surface area contributed by atoms with Crippen molar-refractivity contribution in [3.05, 3.63) is 118 Å². The van der Waals surface area contributed by atoms with Gasteiger partial charge in [0.25, 0.3) is 5.56 Å². The van der Waals surface area contributed by atoms with E-state index in [-0.39, 0.29) is 18.8 Å². The first-order valence-corrected chi connectivity index (χ1v) is 17.0. The number of thiazole rings is 1. The predicted octanol–water partition coefficient (Wildman–Crippen LogP) is 5.72. The molecule has 1 atom stereocenters. The van der Waals surface area contributed by atoms with Crippen LogP contribution in [0.2, 0.25) is 0 Å². The molecule has 1 aromatic heterocycles. The SMILES string of the molecule is CCOC(=O)C1=C(C)N=c2s/c(=C\c3cc(Br)cc(OC)c3OCc3ccc(C(=O)OCC)cc3)c(=O)n2[C@@H]1c1ccc(OCC)cc1. The third kappa shape index (κ3) is 7.39. The molecular weight excluding hydrogens is 700 g/mol. The molecular formula is C36H35BrN2O8S. The zero-order valence-corrected chi connectivity index (χ0v) is 29.6. The van der Waals surface area contributed by atoms with Gasteiger partial charge in [-0.1, -0.05) is 51.5 Å². The van der Waals surface area contributed by atoms with E-state index in [9.17, 15) is 14.4 Å². The molecule has 5 rings (SSSR count). The number of nitrogens with zero attached hydrogens (tertiary/aromatic N) is 2. The molecule has 0 unspecified atom stereocenters. The number of benzene rings is 3. The number of aromatic nitrogens is 1. The molecule has 1 aliphatic heterocycles. The van der Waals surface area contributed by atoms with Gasteiger partial charge in [-0.15, -0.1) is 0 Å². The molecule has 10 nitrogen and oxygen atoms in total. The Hall–Kier alpha value is -4.68. The largest absolute Gasteiger partial charge is 0.494 e. The van der Waals surface area contributed by atoms with Crippen molar-refractivity contribution in [2.24, 2.45) is 4.99 Å². The Morgan fingerprint density at radius 1 is 0.938 bits per heavy atom. The van der Waals surface area contributed by atoms with Crippen molar-refractivity contribution in [3.8, 4) is 17.2 Å². The summed E-state index contributed by atoms with van der Waals surface area (Å²) < 4.78 is 30.7. The van der Waals surface area contributed by atoms with E-state index in [0.717, 1.165) is 10.0 Å². The van der Waals surface area contributed by atoms with E-state index in [1.54, 1.807) is 57.2 Å². The minimum Gasteiger partial charge on any atom is -0.494 e. The maximum absolute atomic E-state index is 14.2. The lowest BCUT2D eigenvalue weighted by atomic mass is 9.96. The molecule has 0 bridgehead atoms. The molecule has 0 saturated carbocycles. The van der Waals surface area contributed by atoms with Crippen molar-refractivity contribution in [1.82, 2.24) is 4.57 Å². The van der Waals surface area contributed by atoms with Gasteiger partial charge in [-0.3, -0.25) is 9.36 Å². The van der Waals surface area contributed by atoms with Crippen LogP contribution in [0.25, 0.3) is 6.08 Å². The van der Waals surface area contributed by atoms with Crippen LogP contribution in [0.5, 0.6) is 17.2 Å². The first-order chi connectivity index (χ1) is 23.2. The van der Waals surface area contributed by atoms with E-state index in [2.05, 4.69) is 20.9 Å². The summed E-state index contributed by atoms with van der Waals surface area (Å²) in [4.78, 5) is 44.7. The lowest BCUT2D eigenvalue weighted by molar-refractivity contribution is -0.139. The van der Waals surface area contributed by atoms with Crippen LogP contribution in [-0.2, 0) is 20.9 Å². The van der Waals surface area contributed by atoms with Crippen LogP contribution >= 0.6 is 27.3 Å². The fourth-order valence-electron chi connectivity index (χ4n) is 5.27. The van der Waals surface area contributed by atoms with E-state index in [1.807, 2.05) is 37.3 Å². The van der Waals surface area contributed by atoms with Gasteiger partial charge in [-0.05, 0) is 81.3 Å². The fraction of sp³-hybridized carbons (Fsp3) is 0.278. The highest BCUT2D eigenvalue weighted by molar-refractivity contribution is 9.10. The monoisotopic (exact) mass is 734 g/mol. The molecule has 12 heteroatoms. The highest BCUT2D eigenvalue weighted by Gasteiger charge is 2.33. The van der Waals surface area contributed by atoms with E-state index in [0.29, 0.717) is 67.8 Å². The summed E-state index contributed by atoms with van der Waals surface area (Å²) in [5.74, 6) is 0.636. The van der Waals surface area contributed by atoms with Gasteiger partial charge in [0.2, 0.25) is 0 Å². The van der Waals surface area contributed by atoms with Crippen molar-refractivity contribution in [1.29, 1.82) is 0 Å². The number of ether oxygens (including phenoxy) is 5. The van der Waals surface area contributed by atoms with Crippen molar-refractivity contribution in [3.63, 3.8) is 0 Å². The maximum Gasteiger partial charge on any atom is 0.338 e. The highest BCUT2D eigenvalue weighted by Crippen LogP contribution is 2.36. The number of rotatable bonds is 12. The number of fused-ring (bicyclic) bond motifs is 1. The number of methoxy groups -OCH3 is 1. The van der Waals surface area contributed by atoms with Crippen LogP contribution < -0.4 is 29.1 Å². The van der Waals surface area contributed by atoms with E-state index >= 15 is 0 Å². The summed E-state index contributed by atoms with van der Waals surface area (Å²) in [7, 11) is 1.54. The van der Waals surface area contributed by atoms with Gasteiger partial charge in [0.15, 0.2) is 16.3 Å². The molecule has 0 saturated heterocycles. The fourth-order valence-corrected chi connectivity index (χ4v) is 6.76. The van der Waals surface area contributed by atoms with Gasteiger partial charge in [-0.25, -0.2) is 14.6 Å². The molecule has 0 radical (unpaired) electrons. The van der Waals surface area contributed by atoms with Gasteiger partial charge in [-0.2, -0.15) is 0 Å².